The number of ether oxygens (including phenoxy) is 1. The van der Waals surface area contributed by atoms with Gasteiger partial charge < -0.3 is 19.0 Å². The second-order valence-corrected chi connectivity index (χ2v) is 7.94. The van der Waals surface area contributed by atoms with Gasteiger partial charge in [-0.25, -0.2) is 0 Å². The quantitative estimate of drug-likeness (QED) is 0.269. The second-order valence-electron chi connectivity index (χ2n) is 7.03. The molecule has 1 N–H and O–H groups in total. The minimum absolute atomic E-state index is 0.0329. The summed E-state index contributed by atoms with van der Waals surface area (Å²) in [4.78, 5) is 12.5. The lowest BCUT2D eigenvalue weighted by molar-refractivity contribution is -0.117. The molecule has 6 nitrogen and oxygen atoms in total. The third-order valence-corrected chi connectivity index (χ3v) is 5.43. The van der Waals surface area contributed by atoms with Crippen LogP contribution in [-0.4, -0.2) is 17.1 Å². The molecule has 0 saturated heterocycles. The normalized spacial score (nSPS) is 11.3. The smallest absolute Gasteiger partial charge is 0.262 e. The van der Waals surface area contributed by atoms with Gasteiger partial charge in [0.15, 0.2) is 0 Å². The third kappa shape index (κ3) is 5.10. The van der Waals surface area contributed by atoms with E-state index >= 15 is 0 Å². The van der Waals surface area contributed by atoms with Crippen LogP contribution < -0.4 is 10.1 Å². The Labute approximate surface area is 193 Å². The first-order valence-electron chi connectivity index (χ1n) is 10.0. The van der Waals surface area contributed by atoms with Gasteiger partial charge in [-0.1, -0.05) is 34.1 Å². The predicted molar refractivity (Wildman–Crippen MR) is 126 cm³/mol. The van der Waals surface area contributed by atoms with Gasteiger partial charge in [-0.2, -0.15) is 5.26 Å². The summed E-state index contributed by atoms with van der Waals surface area (Å²) < 4.78 is 14.1. The van der Waals surface area contributed by atoms with Gasteiger partial charge >= 0.3 is 0 Å². The highest BCUT2D eigenvalue weighted by atomic mass is 79.9. The molecule has 0 aliphatic rings. The lowest BCUT2D eigenvalue weighted by Gasteiger charge is -2.08. The molecule has 4 rings (SSSR count). The third-order valence-electron chi connectivity index (χ3n) is 4.90. The Kier molecular flexibility index (Phi) is 6.73. The van der Waals surface area contributed by atoms with E-state index in [-0.39, 0.29) is 12.1 Å². The Bertz CT molecular complexity index is 1280. The minimum Gasteiger partial charge on any atom is -0.492 e. The largest absolute Gasteiger partial charge is 0.492 e. The predicted octanol–water partition coefficient (Wildman–Crippen LogP) is 5.30. The zero-order chi connectivity index (χ0) is 22.3. The number of nitrogens with zero attached hydrogens (tertiary/aromatic N) is 2. The molecule has 32 heavy (non-hydrogen) atoms. The average Bonchev–Trinajstić information content (AvgIpc) is 3.45. The van der Waals surface area contributed by atoms with Crippen LogP contribution in [0, 0.1) is 11.3 Å². The Morgan fingerprint density at radius 1 is 1.16 bits per heavy atom. The molecule has 0 atom stereocenters. The van der Waals surface area contributed by atoms with E-state index in [1.54, 1.807) is 18.2 Å². The van der Waals surface area contributed by atoms with E-state index in [0.717, 1.165) is 26.7 Å². The Morgan fingerprint density at radius 3 is 2.72 bits per heavy atom. The molecule has 0 fully saturated rings. The molecule has 2 heterocycles. The van der Waals surface area contributed by atoms with E-state index in [4.69, 9.17) is 9.15 Å². The van der Waals surface area contributed by atoms with Crippen molar-refractivity contribution in [1.82, 2.24) is 9.88 Å². The summed E-state index contributed by atoms with van der Waals surface area (Å²) in [7, 11) is 0. The van der Waals surface area contributed by atoms with E-state index in [1.165, 1.54) is 6.26 Å². The molecule has 0 unspecified atom stereocenters. The number of rotatable bonds is 8. The van der Waals surface area contributed by atoms with Crippen molar-refractivity contribution in [2.75, 3.05) is 6.61 Å². The number of aromatic nitrogens is 1. The monoisotopic (exact) mass is 489 g/mol. The summed E-state index contributed by atoms with van der Waals surface area (Å²) >= 11 is 3.41. The number of nitrogens with one attached hydrogen (secondary N) is 1. The highest BCUT2D eigenvalue weighted by molar-refractivity contribution is 9.10. The van der Waals surface area contributed by atoms with Crippen LogP contribution in [0.15, 0.2) is 87.6 Å². The van der Waals surface area contributed by atoms with Gasteiger partial charge in [0, 0.05) is 27.1 Å². The molecule has 2 aromatic heterocycles. The van der Waals surface area contributed by atoms with Crippen molar-refractivity contribution in [3.8, 4) is 11.8 Å². The fourth-order valence-electron chi connectivity index (χ4n) is 3.35. The van der Waals surface area contributed by atoms with Crippen molar-refractivity contribution in [1.29, 1.82) is 5.26 Å². The molecule has 0 aliphatic carbocycles. The van der Waals surface area contributed by atoms with Crippen molar-refractivity contribution in [2.24, 2.45) is 0 Å². The van der Waals surface area contributed by atoms with E-state index in [9.17, 15) is 10.1 Å². The van der Waals surface area contributed by atoms with Crippen LogP contribution >= 0.6 is 15.9 Å². The molecule has 0 saturated carbocycles. The molecule has 0 aliphatic heterocycles. The van der Waals surface area contributed by atoms with Gasteiger partial charge in [-0.15, -0.1) is 0 Å². The van der Waals surface area contributed by atoms with Gasteiger partial charge in [-0.05, 0) is 48.5 Å². The lowest BCUT2D eigenvalue weighted by Crippen LogP contribution is -2.23. The fraction of sp³-hybridized carbons (Fsp3) is 0.120. The van der Waals surface area contributed by atoms with Crippen LogP contribution in [0.25, 0.3) is 17.0 Å². The Hall–Kier alpha value is -3.76. The molecule has 0 bridgehead atoms. The molecule has 4 aromatic rings. The van der Waals surface area contributed by atoms with Crippen LogP contribution in [0.1, 0.15) is 11.3 Å². The molecule has 0 radical (unpaired) electrons. The zero-order valence-electron chi connectivity index (χ0n) is 17.1. The van der Waals surface area contributed by atoms with E-state index < -0.39 is 5.91 Å². The highest BCUT2D eigenvalue weighted by Crippen LogP contribution is 2.24. The number of carbonyl (C=O) groups is 1. The van der Waals surface area contributed by atoms with Crippen LogP contribution in [0.4, 0.5) is 0 Å². The number of amides is 1. The molecule has 0 spiro atoms. The second kappa shape index (κ2) is 10.0. The number of hydrogen-bond acceptors (Lipinski definition) is 4. The van der Waals surface area contributed by atoms with Crippen LogP contribution in [0.5, 0.6) is 5.75 Å². The lowest BCUT2D eigenvalue weighted by atomic mass is 10.1. The number of para-hydroxylation sites is 1. The molecular weight excluding hydrogens is 470 g/mol. The standard InChI is InChI=1S/C25H20BrN3O3/c26-20-7-9-21(10-8-20)32-13-11-29-17-19(23-5-1-2-6-24(23)29)14-18(15-27)25(30)28-16-22-4-3-12-31-22/h1-10,12,14,17H,11,13,16H2,(H,28,30). The summed E-state index contributed by atoms with van der Waals surface area (Å²) in [5, 5.41) is 13.2. The SMILES string of the molecule is N#CC(=Cc1cn(CCOc2ccc(Br)cc2)c2ccccc12)C(=O)NCc1ccco1. The maximum Gasteiger partial charge on any atom is 0.262 e. The van der Waals surface area contributed by atoms with Gasteiger partial charge in [0.25, 0.3) is 5.91 Å². The van der Waals surface area contributed by atoms with Crippen molar-refractivity contribution in [3.05, 3.63) is 94.5 Å². The van der Waals surface area contributed by atoms with Crippen molar-refractivity contribution in [3.63, 3.8) is 0 Å². The first-order valence-corrected chi connectivity index (χ1v) is 10.8. The number of nitriles is 1. The summed E-state index contributed by atoms with van der Waals surface area (Å²) in [6.45, 7) is 1.33. The first kappa shape index (κ1) is 21.5. The molecule has 7 heteroatoms. The van der Waals surface area contributed by atoms with Crippen LogP contribution in [0.2, 0.25) is 0 Å². The average molecular weight is 490 g/mol. The van der Waals surface area contributed by atoms with Gasteiger partial charge in [0.05, 0.1) is 19.4 Å². The summed E-state index contributed by atoms with van der Waals surface area (Å²) in [5.74, 6) is 0.974. The van der Waals surface area contributed by atoms with Crippen molar-refractivity contribution in [2.45, 2.75) is 13.1 Å². The van der Waals surface area contributed by atoms with Crippen molar-refractivity contribution >= 4 is 38.8 Å². The Morgan fingerprint density at radius 2 is 1.97 bits per heavy atom. The van der Waals surface area contributed by atoms with Gasteiger partial charge in [0.2, 0.25) is 0 Å². The molecular formula is C25H20BrN3O3. The molecule has 2 aromatic carbocycles. The Balaban J connectivity index is 1.51. The first-order chi connectivity index (χ1) is 15.6. The van der Waals surface area contributed by atoms with Crippen LogP contribution in [-0.2, 0) is 17.9 Å². The minimum atomic E-state index is -0.445. The van der Waals surface area contributed by atoms with Crippen molar-refractivity contribution < 1.29 is 13.9 Å². The number of benzene rings is 2. The maximum absolute atomic E-state index is 12.5. The van der Waals surface area contributed by atoms with E-state index in [0.29, 0.717) is 18.9 Å². The molecule has 160 valence electrons. The number of fused-ring (bicyclic) bond motifs is 1. The molecule has 1 amide bonds. The summed E-state index contributed by atoms with van der Waals surface area (Å²) in [5.41, 5.74) is 1.84. The number of hydrogen-bond donors (Lipinski definition) is 1. The zero-order valence-corrected chi connectivity index (χ0v) is 18.7. The van der Waals surface area contributed by atoms with Crippen LogP contribution in [0.3, 0.4) is 0 Å². The fourth-order valence-corrected chi connectivity index (χ4v) is 3.61. The summed E-state index contributed by atoms with van der Waals surface area (Å²) in [6.07, 6.45) is 5.09. The van der Waals surface area contributed by atoms with E-state index in [1.807, 2.05) is 60.8 Å². The summed E-state index contributed by atoms with van der Waals surface area (Å²) in [6, 6.07) is 21.1. The number of halogens is 1. The number of furan rings is 1. The van der Waals surface area contributed by atoms with Gasteiger partial charge in [-0.3, -0.25) is 4.79 Å². The number of carbonyl (C=O) groups excluding carboxylic acids is 1. The van der Waals surface area contributed by atoms with E-state index in [2.05, 4.69) is 25.8 Å². The highest BCUT2D eigenvalue weighted by Gasteiger charge is 2.13. The van der Waals surface area contributed by atoms with Gasteiger partial charge in [0.1, 0.15) is 29.8 Å². The maximum atomic E-state index is 12.5. The topological polar surface area (TPSA) is 80.2 Å².